The number of hydrogen-bond acceptors (Lipinski definition) is 6. The minimum Gasteiger partial charge on any atom is -0.497 e. The zero-order valence-corrected chi connectivity index (χ0v) is 19.2. The lowest BCUT2D eigenvalue weighted by Crippen LogP contribution is -2.47. The van der Waals surface area contributed by atoms with Gasteiger partial charge in [-0.3, -0.25) is 4.98 Å². The van der Waals surface area contributed by atoms with Crippen LogP contribution in [0.5, 0.6) is 5.75 Å². The van der Waals surface area contributed by atoms with Crippen molar-refractivity contribution in [1.82, 2.24) is 4.98 Å². The molecule has 0 bridgehead atoms. The highest BCUT2D eigenvalue weighted by Crippen LogP contribution is 2.36. The van der Waals surface area contributed by atoms with Crippen LogP contribution in [0.25, 0.3) is 10.9 Å². The van der Waals surface area contributed by atoms with E-state index in [1.54, 1.807) is 31.4 Å². The van der Waals surface area contributed by atoms with Crippen molar-refractivity contribution in [3.05, 3.63) is 85.1 Å². The third-order valence-corrected chi connectivity index (χ3v) is 7.86. The van der Waals surface area contributed by atoms with E-state index in [-0.39, 0.29) is 9.79 Å². The molecular formula is C26H25N3O3S. The van der Waals surface area contributed by atoms with Gasteiger partial charge < -0.3 is 14.5 Å². The Kier molecular flexibility index (Phi) is 5.64. The predicted molar refractivity (Wildman–Crippen MR) is 131 cm³/mol. The van der Waals surface area contributed by atoms with Crippen molar-refractivity contribution in [2.24, 2.45) is 0 Å². The van der Waals surface area contributed by atoms with Crippen molar-refractivity contribution >= 4 is 32.1 Å². The summed E-state index contributed by atoms with van der Waals surface area (Å²) in [6, 6.07) is 24.3. The summed E-state index contributed by atoms with van der Waals surface area (Å²) in [4.78, 5) is 9.50. The van der Waals surface area contributed by atoms with Crippen LogP contribution >= 0.6 is 0 Å². The number of aromatic nitrogens is 1. The van der Waals surface area contributed by atoms with Crippen LogP contribution in [0.4, 0.5) is 11.4 Å². The number of fused-ring (bicyclic) bond motifs is 1. The molecule has 4 aromatic rings. The lowest BCUT2D eigenvalue weighted by Gasteiger charge is -2.38. The fourth-order valence-corrected chi connectivity index (χ4v) is 5.79. The van der Waals surface area contributed by atoms with Crippen LogP contribution < -0.4 is 14.5 Å². The van der Waals surface area contributed by atoms with Gasteiger partial charge in [0.15, 0.2) is 0 Å². The Morgan fingerprint density at radius 2 is 1.42 bits per heavy atom. The quantitative estimate of drug-likeness (QED) is 0.441. The van der Waals surface area contributed by atoms with Crippen molar-refractivity contribution in [2.45, 2.75) is 9.79 Å². The Bertz CT molecular complexity index is 1370. The van der Waals surface area contributed by atoms with E-state index in [1.165, 1.54) is 6.20 Å². The standard InChI is InChI=1S/C26H25N3O3S/c1-32-21-13-11-20(12-14-21)28-15-17-29(18-16-28)26-23-9-5-6-10-24(23)27-19-25(26)33(30,31)22-7-3-2-4-8-22/h2-14,19H,15-18H2,1H3. The number of nitrogens with zero attached hydrogens (tertiary/aromatic N) is 3. The minimum absolute atomic E-state index is 0.255. The SMILES string of the molecule is COc1ccc(N2CCN(c3c(S(=O)(=O)c4ccccc4)cnc4ccccc34)CC2)cc1. The zero-order chi connectivity index (χ0) is 22.8. The monoisotopic (exact) mass is 459 g/mol. The van der Waals surface area contributed by atoms with Gasteiger partial charge in [-0.15, -0.1) is 0 Å². The molecule has 6 nitrogen and oxygen atoms in total. The number of para-hydroxylation sites is 1. The van der Waals surface area contributed by atoms with Crippen LogP contribution in [0.15, 0.2) is 94.9 Å². The smallest absolute Gasteiger partial charge is 0.210 e. The van der Waals surface area contributed by atoms with E-state index < -0.39 is 9.84 Å². The largest absolute Gasteiger partial charge is 0.497 e. The van der Waals surface area contributed by atoms with Gasteiger partial charge in [0, 0.05) is 43.4 Å². The molecule has 1 aliphatic rings. The summed E-state index contributed by atoms with van der Waals surface area (Å²) < 4.78 is 32.5. The van der Waals surface area contributed by atoms with Gasteiger partial charge >= 0.3 is 0 Å². The van der Waals surface area contributed by atoms with E-state index in [9.17, 15) is 8.42 Å². The van der Waals surface area contributed by atoms with Crippen molar-refractivity contribution in [3.8, 4) is 5.75 Å². The highest BCUT2D eigenvalue weighted by atomic mass is 32.2. The second-order valence-electron chi connectivity index (χ2n) is 7.98. The van der Waals surface area contributed by atoms with Gasteiger partial charge in [0.25, 0.3) is 0 Å². The molecular weight excluding hydrogens is 434 g/mol. The van der Waals surface area contributed by atoms with Gasteiger partial charge in [-0.25, -0.2) is 8.42 Å². The molecule has 0 saturated carbocycles. The Morgan fingerprint density at radius 1 is 0.788 bits per heavy atom. The van der Waals surface area contributed by atoms with Crippen molar-refractivity contribution in [3.63, 3.8) is 0 Å². The van der Waals surface area contributed by atoms with E-state index >= 15 is 0 Å². The summed E-state index contributed by atoms with van der Waals surface area (Å²) in [6.07, 6.45) is 1.51. The average molecular weight is 460 g/mol. The van der Waals surface area contributed by atoms with Gasteiger partial charge in [-0.2, -0.15) is 0 Å². The maximum absolute atomic E-state index is 13.6. The number of sulfone groups is 1. The van der Waals surface area contributed by atoms with Crippen LogP contribution in [0.1, 0.15) is 0 Å². The maximum atomic E-state index is 13.6. The van der Waals surface area contributed by atoms with Crippen LogP contribution in [-0.4, -0.2) is 46.7 Å². The summed E-state index contributed by atoms with van der Waals surface area (Å²) in [6.45, 7) is 2.98. The third kappa shape index (κ3) is 4.00. The molecule has 0 unspecified atom stereocenters. The summed E-state index contributed by atoms with van der Waals surface area (Å²) in [7, 11) is -2.05. The first-order valence-electron chi connectivity index (χ1n) is 10.9. The van der Waals surface area contributed by atoms with E-state index in [4.69, 9.17) is 4.74 Å². The molecule has 1 aromatic heterocycles. The fraction of sp³-hybridized carbons (Fsp3) is 0.192. The zero-order valence-electron chi connectivity index (χ0n) is 18.4. The lowest BCUT2D eigenvalue weighted by atomic mass is 10.1. The maximum Gasteiger partial charge on any atom is 0.210 e. The second-order valence-corrected chi connectivity index (χ2v) is 9.89. The van der Waals surface area contributed by atoms with Gasteiger partial charge in [-0.05, 0) is 42.5 Å². The highest BCUT2D eigenvalue weighted by Gasteiger charge is 2.28. The molecule has 0 amide bonds. The molecule has 1 aliphatic heterocycles. The molecule has 0 spiro atoms. The van der Waals surface area contributed by atoms with Gasteiger partial charge in [0.05, 0.1) is 23.2 Å². The molecule has 168 valence electrons. The van der Waals surface area contributed by atoms with Crippen LogP contribution in [0.2, 0.25) is 0 Å². The normalized spacial score (nSPS) is 14.5. The molecule has 1 saturated heterocycles. The number of pyridine rings is 1. The first kappa shape index (κ1) is 21.3. The van der Waals surface area contributed by atoms with E-state index in [1.807, 2.05) is 42.5 Å². The number of methoxy groups -OCH3 is 1. The summed E-state index contributed by atoms with van der Waals surface area (Å²) >= 11 is 0. The summed E-state index contributed by atoms with van der Waals surface area (Å²) in [5.41, 5.74) is 2.66. The molecule has 0 radical (unpaired) electrons. The molecule has 0 atom stereocenters. The molecule has 3 aromatic carbocycles. The van der Waals surface area contributed by atoms with Crippen LogP contribution in [0, 0.1) is 0 Å². The van der Waals surface area contributed by atoms with Gasteiger partial charge in [0.2, 0.25) is 9.84 Å². The van der Waals surface area contributed by atoms with Crippen LogP contribution in [-0.2, 0) is 9.84 Å². The Labute approximate surface area is 194 Å². The van der Waals surface area contributed by atoms with Crippen molar-refractivity contribution in [1.29, 1.82) is 0 Å². The number of piperazine rings is 1. The Morgan fingerprint density at radius 3 is 2.12 bits per heavy atom. The van der Waals surface area contributed by atoms with Gasteiger partial charge in [0.1, 0.15) is 10.6 Å². The van der Waals surface area contributed by atoms with Crippen molar-refractivity contribution < 1.29 is 13.2 Å². The fourth-order valence-electron chi connectivity index (χ4n) is 4.34. The number of rotatable bonds is 5. The molecule has 1 fully saturated rings. The summed E-state index contributed by atoms with van der Waals surface area (Å²) in [5, 5.41) is 0.854. The molecule has 2 heterocycles. The van der Waals surface area contributed by atoms with E-state index in [0.29, 0.717) is 13.1 Å². The molecule has 5 rings (SSSR count). The first-order valence-corrected chi connectivity index (χ1v) is 12.4. The van der Waals surface area contributed by atoms with Crippen molar-refractivity contribution in [2.75, 3.05) is 43.1 Å². The predicted octanol–water partition coefficient (Wildman–Crippen LogP) is 4.40. The van der Waals surface area contributed by atoms with Gasteiger partial charge in [-0.1, -0.05) is 36.4 Å². The first-order chi connectivity index (χ1) is 16.1. The number of ether oxygens (including phenoxy) is 1. The Balaban J connectivity index is 1.52. The average Bonchev–Trinajstić information content (AvgIpc) is 2.88. The number of benzene rings is 3. The molecule has 0 aliphatic carbocycles. The second kappa shape index (κ2) is 8.75. The van der Waals surface area contributed by atoms with Crippen LogP contribution in [0.3, 0.4) is 0 Å². The highest BCUT2D eigenvalue weighted by molar-refractivity contribution is 7.91. The van der Waals surface area contributed by atoms with E-state index in [0.717, 1.165) is 41.1 Å². The molecule has 7 heteroatoms. The number of hydrogen-bond donors (Lipinski definition) is 0. The third-order valence-electron chi connectivity index (χ3n) is 6.09. The minimum atomic E-state index is -3.72. The molecule has 33 heavy (non-hydrogen) atoms. The molecule has 0 N–H and O–H groups in total. The summed E-state index contributed by atoms with van der Waals surface area (Å²) in [5.74, 6) is 0.830. The Hall–Kier alpha value is -3.58. The van der Waals surface area contributed by atoms with E-state index in [2.05, 4.69) is 26.9 Å². The topological polar surface area (TPSA) is 62.7 Å². The number of anilines is 2. The lowest BCUT2D eigenvalue weighted by molar-refractivity contribution is 0.415.